The number of halogens is 2. The van der Waals surface area contributed by atoms with Gasteiger partial charge in [-0.05, 0) is 12.1 Å². The van der Waals surface area contributed by atoms with Crippen LogP contribution in [0.15, 0.2) is 35.6 Å². The maximum atomic E-state index is 12.2. The fourth-order valence-corrected chi connectivity index (χ4v) is 2.57. The number of nitrogens with one attached hydrogen (secondary N) is 1. The lowest BCUT2D eigenvalue weighted by molar-refractivity contribution is 0.121. The van der Waals surface area contributed by atoms with Gasteiger partial charge in [-0.1, -0.05) is 0 Å². The Morgan fingerprint density at radius 1 is 1.48 bits per heavy atom. The minimum atomic E-state index is -3.96. The van der Waals surface area contributed by atoms with Crippen molar-refractivity contribution in [2.24, 2.45) is 0 Å². The normalized spacial score (nSPS) is 11.6. The fourth-order valence-electron chi connectivity index (χ4n) is 1.56. The zero-order valence-corrected chi connectivity index (χ0v) is 11.7. The van der Waals surface area contributed by atoms with Crippen LogP contribution in [0.4, 0.5) is 14.5 Å². The molecule has 0 unspecified atom stereocenters. The number of rotatable bonds is 6. The van der Waals surface area contributed by atoms with E-state index in [4.69, 9.17) is 4.74 Å². The highest BCUT2D eigenvalue weighted by Gasteiger charge is 2.19. The topological polar surface area (TPSA) is 86.1 Å². The number of methoxy groups -OCH3 is 1. The van der Waals surface area contributed by atoms with E-state index < -0.39 is 23.0 Å². The SMILES string of the molecule is COc1ncccc1NS(=O)(=O)c1cnn(CC(F)F)c1. The Kier molecular flexibility index (Phi) is 4.36. The molecule has 2 rings (SSSR count). The van der Waals surface area contributed by atoms with Crippen molar-refractivity contribution in [3.8, 4) is 5.88 Å². The average molecular weight is 318 g/mol. The number of hydrogen-bond donors (Lipinski definition) is 1. The van der Waals surface area contributed by atoms with Gasteiger partial charge in [-0.15, -0.1) is 0 Å². The van der Waals surface area contributed by atoms with Crippen LogP contribution in [0, 0.1) is 0 Å². The second-order valence-electron chi connectivity index (χ2n) is 3.95. The average Bonchev–Trinajstić information content (AvgIpc) is 2.87. The van der Waals surface area contributed by atoms with E-state index in [2.05, 4.69) is 14.8 Å². The molecule has 0 fully saturated rings. The number of nitrogens with zero attached hydrogens (tertiary/aromatic N) is 3. The van der Waals surface area contributed by atoms with Gasteiger partial charge in [-0.2, -0.15) is 5.10 Å². The smallest absolute Gasteiger partial charge is 0.265 e. The molecule has 0 radical (unpaired) electrons. The molecule has 21 heavy (non-hydrogen) atoms. The van der Waals surface area contributed by atoms with E-state index in [1.165, 1.54) is 25.4 Å². The molecule has 0 saturated heterocycles. The first-order chi connectivity index (χ1) is 9.92. The Bertz CT molecular complexity index is 718. The van der Waals surface area contributed by atoms with Crippen molar-refractivity contribution in [2.45, 2.75) is 17.9 Å². The Morgan fingerprint density at radius 2 is 2.24 bits per heavy atom. The number of ether oxygens (including phenoxy) is 1. The molecular formula is C11H12F2N4O3S. The predicted octanol–water partition coefficient (Wildman–Crippen LogP) is 1.35. The van der Waals surface area contributed by atoms with Gasteiger partial charge in [0.05, 0.1) is 13.3 Å². The molecule has 2 heterocycles. The third kappa shape index (κ3) is 3.66. The summed E-state index contributed by atoms with van der Waals surface area (Å²) in [6, 6.07) is 2.99. The molecule has 0 spiro atoms. The lowest BCUT2D eigenvalue weighted by Gasteiger charge is -2.09. The maximum Gasteiger partial charge on any atom is 0.265 e. The summed E-state index contributed by atoms with van der Waals surface area (Å²) in [5.74, 6) is 0.0982. The van der Waals surface area contributed by atoms with E-state index in [-0.39, 0.29) is 16.5 Å². The lowest BCUT2D eigenvalue weighted by Crippen LogP contribution is -2.13. The van der Waals surface area contributed by atoms with Crippen LogP contribution < -0.4 is 9.46 Å². The lowest BCUT2D eigenvalue weighted by atomic mass is 10.4. The first-order valence-corrected chi connectivity index (χ1v) is 7.23. The highest BCUT2D eigenvalue weighted by Crippen LogP contribution is 2.23. The van der Waals surface area contributed by atoms with Crippen molar-refractivity contribution >= 4 is 15.7 Å². The third-order valence-electron chi connectivity index (χ3n) is 2.45. The minimum absolute atomic E-state index is 0.0982. The van der Waals surface area contributed by atoms with Gasteiger partial charge in [-0.3, -0.25) is 9.40 Å². The summed E-state index contributed by atoms with van der Waals surface area (Å²) in [5.41, 5.74) is 0.140. The van der Waals surface area contributed by atoms with E-state index in [1.54, 1.807) is 0 Å². The van der Waals surface area contributed by atoms with Crippen LogP contribution in [0.5, 0.6) is 5.88 Å². The fraction of sp³-hybridized carbons (Fsp3) is 0.273. The molecule has 0 bridgehead atoms. The summed E-state index contributed by atoms with van der Waals surface area (Å²) in [4.78, 5) is 3.62. The van der Waals surface area contributed by atoms with E-state index >= 15 is 0 Å². The van der Waals surface area contributed by atoms with Gasteiger partial charge in [0.15, 0.2) is 0 Å². The monoisotopic (exact) mass is 318 g/mol. The first-order valence-electron chi connectivity index (χ1n) is 5.75. The van der Waals surface area contributed by atoms with Crippen LogP contribution in [0.3, 0.4) is 0 Å². The number of anilines is 1. The maximum absolute atomic E-state index is 12.2. The molecule has 2 aromatic heterocycles. The molecular weight excluding hydrogens is 306 g/mol. The minimum Gasteiger partial charge on any atom is -0.480 e. The van der Waals surface area contributed by atoms with Crippen molar-refractivity contribution in [1.29, 1.82) is 0 Å². The highest BCUT2D eigenvalue weighted by molar-refractivity contribution is 7.92. The predicted molar refractivity (Wildman–Crippen MR) is 69.8 cm³/mol. The molecule has 0 aliphatic heterocycles. The molecule has 0 saturated carbocycles. The van der Waals surface area contributed by atoms with E-state index in [0.717, 1.165) is 17.1 Å². The number of aromatic nitrogens is 3. The van der Waals surface area contributed by atoms with Crippen LogP contribution >= 0.6 is 0 Å². The van der Waals surface area contributed by atoms with Gasteiger partial charge in [-0.25, -0.2) is 22.2 Å². The molecule has 10 heteroatoms. The molecule has 0 aliphatic rings. The number of hydrogen-bond acceptors (Lipinski definition) is 5. The third-order valence-corrected chi connectivity index (χ3v) is 3.77. The molecule has 7 nitrogen and oxygen atoms in total. The Labute approximate surface area is 119 Å². The van der Waals surface area contributed by atoms with Crippen LogP contribution in [0.2, 0.25) is 0 Å². The Balaban J connectivity index is 2.24. The quantitative estimate of drug-likeness (QED) is 0.869. The summed E-state index contributed by atoms with van der Waals surface area (Å²) in [6.45, 7) is -0.675. The molecule has 114 valence electrons. The zero-order chi connectivity index (χ0) is 15.5. The van der Waals surface area contributed by atoms with Gasteiger partial charge < -0.3 is 4.74 Å². The van der Waals surface area contributed by atoms with Gasteiger partial charge >= 0.3 is 0 Å². The molecule has 0 amide bonds. The molecule has 0 atom stereocenters. The molecule has 0 aliphatic carbocycles. The summed E-state index contributed by atoms with van der Waals surface area (Å²) in [6.07, 6.45) is 0.842. The molecule has 2 aromatic rings. The second-order valence-corrected chi connectivity index (χ2v) is 5.64. The van der Waals surface area contributed by atoms with E-state index in [0.29, 0.717) is 0 Å². The van der Waals surface area contributed by atoms with Gasteiger partial charge in [0, 0.05) is 12.4 Å². The number of alkyl halides is 2. The van der Waals surface area contributed by atoms with Crippen molar-refractivity contribution < 1.29 is 21.9 Å². The van der Waals surface area contributed by atoms with Crippen molar-refractivity contribution in [1.82, 2.24) is 14.8 Å². The van der Waals surface area contributed by atoms with Crippen LogP contribution in [0.1, 0.15) is 0 Å². The zero-order valence-electron chi connectivity index (χ0n) is 10.9. The van der Waals surface area contributed by atoms with Gasteiger partial charge in [0.25, 0.3) is 16.4 Å². The number of pyridine rings is 1. The summed E-state index contributed by atoms with van der Waals surface area (Å²) < 4.78 is 56.8. The standard InChI is InChI=1S/C11H12F2N4O3S/c1-20-11-9(3-2-4-14-11)16-21(18,19)8-5-15-17(6-8)7-10(12)13/h2-6,10,16H,7H2,1H3. The molecule has 1 N–H and O–H groups in total. The Hall–Kier alpha value is -2.23. The van der Waals surface area contributed by atoms with Crippen LogP contribution in [-0.4, -0.2) is 36.7 Å². The largest absolute Gasteiger partial charge is 0.480 e. The van der Waals surface area contributed by atoms with Crippen molar-refractivity contribution in [3.63, 3.8) is 0 Å². The second kappa shape index (κ2) is 6.04. The number of sulfonamides is 1. The summed E-state index contributed by atoms with van der Waals surface area (Å²) in [7, 11) is -2.61. The first kappa shape index (κ1) is 15.2. The van der Waals surface area contributed by atoms with Crippen molar-refractivity contribution in [2.75, 3.05) is 11.8 Å². The van der Waals surface area contributed by atoms with Crippen LogP contribution in [-0.2, 0) is 16.6 Å². The summed E-state index contributed by atoms with van der Waals surface area (Å²) >= 11 is 0. The molecule has 0 aromatic carbocycles. The van der Waals surface area contributed by atoms with E-state index in [9.17, 15) is 17.2 Å². The van der Waals surface area contributed by atoms with Gasteiger partial charge in [0.2, 0.25) is 5.88 Å². The highest BCUT2D eigenvalue weighted by atomic mass is 32.2. The van der Waals surface area contributed by atoms with Crippen molar-refractivity contribution in [3.05, 3.63) is 30.7 Å². The summed E-state index contributed by atoms with van der Waals surface area (Å²) in [5, 5.41) is 3.58. The van der Waals surface area contributed by atoms with Crippen LogP contribution in [0.25, 0.3) is 0 Å². The van der Waals surface area contributed by atoms with Gasteiger partial charge in [0.1, 0.15) is 17.1 Å². The Morgan fingerprint density at radius 3 is 2.90 bits per heavy atom. The van der Waals surface area contributed by atoms with E-state index in [1.807, 2.05) is 0 Å².